The molecule has 0 radical (unpaired) electrons. The molecule has 3 rings (SSSR count). The number of rotatable bonds is 2. The molecule has 5 nitrogen and oxygen atoms in total. The van der Waals surface area contributed by atoms with E-state index in [4.69, 9.17) is 40.5 Å². The number of pyridine rings is 1. The number of carbonyl (C=O) groups excluding carboxylic acids is 1. The molecule has 2 aliphatic carbocycles. The van der Waals surface area contributed by atoms with E-state index in [1.807, 2.05) is 0 Å². The van der Waals surface area contributed by atoms with Crippen molar-refractivity contribution in [2.24, 2.45) is 16.9 Å². The highest BCUT2D eigenvalue weighted by Gasteiger charge is 2.38. The number of hydrazone groups is 1. The van der Waals surface area contributed by atoms with E-state index < -0.39 is 5.91 Å². The van der Waals surface area contributed by atoms with E-state index in [1.165, 1.54) is 0 Å². The number of allylic oxidation sites excluding steroid dienone is 2. The molecule has 8 heteroatoms. The number of amides is 1. The van der Waals surface area contributed by atoms with Gasteiger partial charge in [-0.15, -0.1) is 0 Å². The van der Waals surface area contributed by atoms with E-state index in [1.54, 1.807) is 0 Å². The molecule has 110 valence electrons. The second kappa shape index (κ2) is 5.48. The molecular weight excluding hydrogens is 335 g/mol. The van der Waals surface area contributed by atoms with Crippen LogP contribution in [0, 0.1) is 11.8 Å². The highest BCUT2D eigenvalue weighted by atomic mass is 35.5. The minimum absolute atomic E-state index is 0.0276. The molecule has 0 saturated heterocycles. The topological polar surface area (TPSA) is 80.4 Å². The van der Waals surface area contributed by atoms with Gasteiger partial charge < -0.3 is 5.73 Å². The Balaban J connectivity index is 1.76. The first-order valence-electron chi connectivity index (χ1n) is 6.32. The van der Waals surface area contributed by atoms with Gasteiger partial charge in [-0.25, -0.2) is 10.4 Å². The van der Waals surface area contributed by atoms with Crippen molar-refractivity contribution < 1.29 is 4.79 Å². The molecule has 2 aliphatic rings. The maximum Gasteiger partial charge on any atom is 0.291 e. The summed E-state index contributed by atoms with van der Waals surface area (Å²) in [6.45, 7) is 0. The van der Waals surface area contributed by atoms with E-state index in [0.717, 1.165) is 18.6 Å². The Morgan fingerprint density at radius 2 is 2.14 bits per heavy atom. The second-order valence-electron chi connectivity index (χ2n) is 4.98. The number of carbonyl (C=O) groups is 1. The summed E-state index contributed by atoms with van der Waals surface area (Å²) in [6.07, 6.45) is 6.16. The van der Waals surface area contributed by atoms with Crippen molar-refractivity contribution in [2.45, 2.75) is 12.8 Å². The molecule has 1 fully saturated rings. The van der Waals surface area contributed by atoms with Crippen LogP contribution in [0.4, 0.5) is 5.69 Å². The van der Waals surface area contributed by atoms with Crippen molar-refractivity contribution in [3.05, 3.63) is 33.0 Å². The predicted octanol–water partition coefficient (Wildman–Crippen LogP) is 3.31. The summed E-state index contributed by atoms with van der Waals surface area (Å²) < 4.78 is 0. The summed E-state index contributed by atoms with van der Waals surface area (Å²) >= 11 is 17.6. The molecule has 0 spiro atoms. The van der Waals surface area contributed by atoms with Crippen molar-refractivity contribution in [1.82, 2.24) is 10.4 Å². The van der Waals surface area contributed by atoms with Crippen LogP contribution in [0.5, 0.6) is 0 Å². The minimum Gasteiger partial charge on any atom is -0.396 e. The molecule has 3 N–H and O–H groups in total. The largest absolute Gasteiger partial charge is 0.396 e. The highest BCUT2D eigenvalue weighted by Crippen LogP contribution is 2.40. The Hall–Kier alpha value is -1.30. The number of nitrogen functional groups attached to an aromatic ring is 1. The number of hydrogen-bond acceptors (Lipinski definition) is 4. The number of fused-ring (bicyclic) bond motifs is 1. The lowest BCUT2D eigenvalue weighted by molar-refractivity contribution is 0.0949. The number of nitrogens with one attached hydrogen (secondary N) is 1. The Labute approximate surface area is 136 Å². The van der Waals surface area contributed by atoms with Gasteiger partial charge in [-0.3, -0.25) is 4.79 Å². The fourth-order valence-electron chi connectivity index (χ4n) is 2.52. The van der Waals surface area contributed by atoms with Crippen LogP contribution < -0.4 is 11.2 Å². The molecule has 1 aromatic rings. The molecule has 0 bridgehead atoms. The maximum absolute atomic E-state index is 12.1. The van der Waals surface area contributed by atoms with Gasteiger partial charge in [0.2, 0.25) is 0 Å². The van der Waals surface area contributed by atoms with Gasteiger partial charge in [0.1, 0.15) is 5.02 Å². The molecule has 0 aromatic carbocycles. The summed E-state index contributed by atoms with van der Waals surface area (Å²) in [4.78, 5) is 15.9. The lowest BCUT2D eigenvalue weighted by Crippen LogP contribution is -2.35. The molecule has 21 heavy (non-hydrogen) atoms. The van der Waals surface area contributed by atoms with Gasteiger partial charge in [-0.1, -0.05) is 47.0 Å². The van der Waals surface area contributed by atoms with Crippen LogP contribution in [-0.4, -0.2) is 16.6 Å². The molecule has 2 atom stereocenters. The van der Waals surface area contributed by atoms with Gasteiger partial charge in [0, 0.05) is 11.6 Å². The number of hydrogen-bond donors (Lipinski definition) is 2. The molecular formula is C13H11Cl3N4O. The molecule has 0 aliphatic heterocycles. The number of anilines is 1. The first-order chi connectivity index (χ1) is 9.99. The summed E-state index contributed by atoms with van der Waals surface area (Å²) in [6, 6.07) is 0. The Morgan fingerprint density at radius 3 is 2.86 bits per heavy atom. The summed E-state index contributed by atoms with van der Waals surface area (Å²) in [5, 5.41) is 4.06. The smallest absolute Gasteiger partial charge is 0.291 e. The number of nitrogens with two attached hydrogens (primary N) is 1. The predicted molar refractivity (Wildman–Crippen MR) is 83.9 cm³/mol. The molecule has 1 aromatic heterocycles. The van der Waals surface area contributed by atoms with Crippen LogP contribution in [0.3, 0.4) is 0 Å². The van der Waals surface area contributed by atoms with Crippen molar-refractivity contribution in [3.8, 4) is 0 Å². The number of nitrogens with zero attached hydrogens (tertiary/aromatic N) is 2. The quantitative estimate of drug-likeness (QED) is 0.490. The van der Waals surface area contributed by atoms with Crippen molar-refractivity contribution in [2.75, 3.05) is 5.73 Å². The van der Waals surface area contributed by atoms with Crippen LogP contribution >= 0.6 is 34.8 Å². The molecule has 1 saturated carbocycles. The molecule has 0 unspecified atom stereocenters. The van der Waals surface area contributed by atoms with Crippen LogP contribution in [0.25, 0.3) is 0 Å². The SMILES string of the molecule is Nc1c(Cl)c(Cl)nc(C(=O)N/N=C2/C[C@@H]3C=CC[C@@H]23)c1Cl. The van der Waals surface area contributed by atoms with E-state index >= 15 is 0 Å². The fraction of sp³-hybridized carbons (Fsp3) is 0.308. The van der Waals surface area contributed by atoms with Crippen LogP contribution in [0.15, 0.2) is 17.3 Å². The first-order valence-corrected chi connectivity index (χ1v) is 7.46. The average molecular weight is 346 g/mol. The zero-order valence-corrected chi connectivity index (χ0v) is 13.0. The zero-order chi connectivity index (χ0) is 15.1. The standard InChI is InChI=1S/C13H11Cl3N4O/c14-8-10(17)9(15)12(16)18-11(8)13(21)20-19-7-4-5-2-1-3-6(5)7/h1-2,5-6H,3-4H2,(H2,17,18)(H,20,21)/b19-7-/t5-,6+/m0/s1. The number of halogens is 3. The van der Waals surface area contributed by atoms with Gasteiger partial charge in [-0.05, 0) is 18.8 Å². The van der Waals surface area contributed by atoms with Gasteiger partial charge in [0.15, 0.2) is 10.8 Å². The zero-order valence-electron chi connectivity index (χ0n) is 10.7. The lowest BCUT2D eigenvalue weighted by atomic mass is 9.74. The summed E-state index contributed by atoms with van der Waals surface area (Å²) in [7, 11) is 0. The fourth-order valence-corrected chi connectivity index (χ4v) is 3.11. The third kappa shape index (κ3) is 2.50. The summed E-state index contributed by atoms with van der Waals surface area (Å²) in [5.74, 6) is 0.405. The lowest BCUT2D eigenvalue weighted by Gasteiger charge is -2.31. The van der Waals surface area contributed by atoms with Crippen molar-refractivity contribution in [1.29, 1.82) is 0 Å². The Morgan fingerprint density at radius 1 is 1.38 bits per heavy atom. The van der Waals surface area contributed by atoms with Crippen molar-refractivity contribution >= 4 is 52.1 Å². The maximum atomic E-state index is 12.1. The number of aromatic nitrogens is 1. The summed E-state index contributed by atoms with van der Waals surface area (Å²) in [5.41, 5.74) is 9.03. The van der Waals surface area contributed by atoms with Crippen molar-refractivity contribution in [3.63, 3.8) is 0 Å². The van der Waals surface area contributed by atoms with Crippen LogP contribution in [0.1, 0.15) is 23.3 Å². The minimum atomic E-state index is -0.563. The molecule has 1 amide bonds. The second-order valence-corrected chi connectivity index (χ2v) is 6.09. The first kappa shape index (κ1) is 14.6. The van der Waals surface area contributed by atoms with Gasteiger partial charge >= 0.3 is 0 Å². The van der Waals surface area contributed by atoms with Gasteiger partial charge in [-0.2, -0.15) is 5.10 Å². The van der Waals surface area contributed by atoms with Crippen LogP contribution in [0.2, 0.25) is 15.2 Å². The third-order valence-electron chi connectivity index (χ3n) is 3.75. The van der Waals surface area contributed by atoms with Gasteiger partial charge in [0.05, 0.1) is 10.7 Å². The third-order valence-corrected chi connectivity index (χ3v) is 4.89. The Kier molecular flexibility index (Phi) is 3.82. The van der Waals surface area contributed by atoms with E-state index in [0.29, 0.717) is 11.8 Å². The normalized spacial score (nSPS) is 24.8. The molecule has 1 heterocycles. The Bertz CT molecular complexity index is 686. The van der Waals surface area contributed by atoms with E-state index in [9.17, 15) is 4.79 Å². The highest BCUT2D eigenvalue weighted by molar-refractivity contribution is 6.46. The van der Waals surface area contributed by atoms with E-state index in [2.05, 4.69) is 27.7 Å². The van der Waals surface area contributed by atoms with Crippen LogP contribution in [-0.2, 0) is 0 Å². The average Bonchev–Trinajstić information content (AvgIpc) is 2.82. The monoisotopic (exact) mass is 344 g/mol. The van der Waals surface area contributed by atoms with E-state index in [-0.39, 0.29) is 26.6 Å². The van der Waals surface area contributed by atoms with Gasteiger partial charge in [0.25, 0.3) is 5.91 Å².